The molecule has 0 aliphatic heterocycles. The van der Waals surface area contributed by atoms with Crippen LogP contribution in [0.1, 0.15) is 51.0 Å². The molecular formula is C16H29N5. The largest absolute Gasteiger partial charge is 0.357 e. The summed E-state index contributed by atoms with van der Waals surface area (Å²) in [7, 11) is 1.93. The van der Waals surface area contributed by atoms with Crippen molar-refractivity contribution in [1.82, 2.24) is 20.4 Å². The second-order valence-electron chi connectivity index (χ2n) is 5.94. The average Bonchev–Trinajstić information content (AvgIpc) is 3.12. The molecule has 0 saturated heterocycles. The van der Waals surface area contributed by atoms with E-state index in [1.807, 2.05) is 24.1 Å². The molecule has 0 spiro atoms. The Morgan fingerprint density at radius 1 is 1.38 bits per heavy atom. The molecule has 0 unspecified atom stereocenters. The van der Waals surface area contributed by atoms with Crippen molar-refractivity contribution in [2.45, 2.75) is 52.0 Å². The van der Waals surface area contributed by atoms with Crippen molar-refractivity contribution in [2.75, 3.05) is 13.1 Å². The number of hydrogen-bond acceptors (Lipinski definition) is 2. The number of nitrogens with one attached hydrogen (secondary N) is 2. The highest BCUT2D eigenvalue weighted by Gasteiger charge is 2.13. The molecule has 5 heteroatoms. The van der Waals surface area contributed by atoms with E-state index in [2.05, 4.69) is 27.6 Å². The Morgan fingerprint density at radius 3 is 2.86 bits per heavy atom. The van der Waals surface area contributed by atoms with Crippen molar-refractivity contribution < 1.29 is 0 Å². The molecule has 0 aromatic carbocycles. The summed E-state index contributed by atoms with van der Waals surface area (Å²) < 4.78 is 1.81. The minimum absolute atomic E-state index is 0.672. The maximum Gasteiger partial charge on any atom is 0.191 e. The van der Waals surface area contributed by atoms with Crippen LogP contribution in [0, 0.1) is 5.92 Å². The Morgan fingerprint density at radius 2 is 2.19 bits per heavy atom. The van der Waals surface area contributed by atoms with Gasteiger partial charge in [0.25, 0.3) is 0 Å². The van der Waals surface area contributed by atoms with Crippen LogP contribution in [0.2, 0.25) is 0 Å². The average molecular weight is 291 g/mol. The Bertz CT molecular complexity index is 432. The summed E-state index contributed by atoms with van der Waals surface area (Å²) in [6.45, 7) is 4.67. The zero-order chi connectivity index (χ0) is 14.9. The Balaban J connectivity index is 1.70. The number of aryl methyl sites for hydroxylation is 1. The van der Waals surface area contributed by atoms with Crippen LogP contribution < -0.4 is 10.6 Å². The summed E-state index contributed by atoms with van der Waals surface area (Å²) in [6, 6.07) is 0. The van der Waals surface area contributed by atoms with Crippen molar-refractivity contribution in [2.24, 2.45) is 18.0 Å². The highest BCUT2D eigenvalue weighted by molar-refractivity contribution is 5.79. The molecule has 0 bridgehead atoms. The van der Waals surface area contributed by atoms with Gasteiger partial charge in [0.2, 0.25) is 0 Å². The normalized spacial score (nSPS) is 16.4. The van der Waals surface area contributed by atoms with Crippen LogP contribution in [-0.4, -0.2) is 28.8 Å². The topological polar surface area (TPSA) is 54.2 Å². The van der Waals surface area contributed by atoms with Gasteiger partial charge in [0.15, 0.2) is 5.96 Å². The van der Waals surface area contributed by atoms with Crippen LogP contribution in [0.4, 0.5) is 0 Å². The lowest BCUT2D eigenvalue weighted by Gasteiger charge is -2.12. The smallest absolute Gasteiger partial charge is 0.191 e. The van der Waals surface area contributed by atoms with Crippen molar-refractivity contribution in [3.05, 3.63) is 18.0 Å². The lowest BCUT2D eigenvalue weighted by molar-refractivity contribution is 0.481. The molecule has 0 amide bonds. The van der Waals surface area contributed by atoms with Gasteiger partial charge in [0, 0.05) is 31.9 Å². The molecule has 1 saturated carbocycles. The quantitative estimate of drug-likeness (QED) is 0.461. The van der Waals surface area contributed by atoms with Crippen molar-refractivity contribution in [3.63, 3.8) is 0 Å². The van der Waals surface area contributed by atoms with E-state index < -0.39 is 0 Å². The summed E-state index contributed by atoms with van der Waals surface area (Å²) in [5.74, 6) is 1.88. The zero-order valence-corrected chi connectivity index (χ0v) is 13.4. The molecule has 21 heavy (non-hydrogen) atoms. The lowest BCUT2D eigenvalue weighted by atomic mass is 10.0. The highest BCUT2D eigenvalue weighted by Crippen LogP contribution is 2.28. The van der Waals surface area contributed by atoms with Gasteiger partial charge in [0.05, 0.1) is 12.7 Å². The van der Waals surface area contributed by atoms with Gasteiger partial charge in [-0.15, -0.1) is 0 Å². The monoisotopic (exact) mass is 291 g/mol. The lowest BCUT2D eigenvalue weighted by Crippen LogP contribution is -2.37. The van der Waals surface area contributed by atoms with E-state index in [9.17, 15) is 0 Å². The van der Waals surface area contributed by atoms with Crippen LogP contribution in [0.25, 0.3) is 0 Å². The van der Waals surface area contributed by atoms with Crippen LogP contribution in [0.5, 0.6) is 0 Å². The molecule has 5 nitrogen and oxygen atoms in total. The van der Waals surface area contributed by atoms with Crippen LogP contribution in [0.3, 0.4) is 0 Å². The van der Waals surface area contributed by atoms with Crippen molar-refractivity contribution in [3.8, 4) is 0 Å². The summed E-state index contributed by atoms with van der Waals surface area (Å²) in [5, 5.41) is 10.9. The Labute approximate surface area is 128 Å². The molecular weight excluding hydrogens is 262 g/mol. The third-order valence-corrected chi connectivity index (χ3v) is 4.08. The number of rotatable bonds is 7. The van der Waals surface area contributed by atoms with E-state index in [0.717, 1.165) is 30.5 Å². The third kappa shape index (κ3) is 5.78. The third-order valence-electron chi connectivity index (χ3n) is 4.08. The fourth-order valence-electron chi connectivity index (χ4n) is 2.96. The second kappa shape index (κ2) is 8.70. The number of aromatic nitrogens is 2. The van der Waals surface area contributed by atoms with Crippen molar-refractivity contribution >= 4 is 5.96 Å². The van der Waals surface area contributed by atoms with Gasteiger partial charge < -0.3 is 10.6 Å². The molecule has 2 rings (SSSR count). The molecule has 0 radical (unpaired) electrons. The Kier molecular flexibility index (Phi) is 6.57. The first-order valence-electron chi connectivity index (χ1n) is 8.27. The minimum Gasteiger partial charge on any atom is -0.357 e. The predicted octanol–water partition coefficient (Wildman–Crippen LogP) is 2.45. The van der Waals surface area contributed by atoms with Crippen molar-refractivity contribution in [1.29, 1.82) is 0 Å². The first-order chi connectivity index (χ1) is 10.3. The van der Waals surface area contributed by atoms with Gasteiger partial charge in [-0.2, -0.15) is 5.10 Å². The molecule has 1 aromatic heterocycles. The molecule has 0 atom stereocenters. The first-order valence-corrected chi connectivity index (χ1v) is 8.27. The molecule has 1 aromatic rings. The highest BCUT2D eigenvalue weighted by atomic mass is 15.2. The fraction of sp³-hybridized carbons (Fsp3) is 0.750. The van der Waals surface area contributed by atoms with E-state index in [-0.39, 0.29) is 0 Å². The van der Waals surface area contributed by atoms with Crippen LogP contribution in [-0.2, 0) is 13.6 Å². The summed E-state index contributed by atoms with van der Waals surface area (Å²) in [5.41, 5.74) is 1.14. The number of aliphatic imine (C=N–C) groups is 1. The van der Waals surface area contributed by atoms with Gasteiger partial charge in [0.1, 0.15) is 0 Å². The summed E-state index contributed by atoms with van der Waals surface area (Å²) in [4.78, 5) is 4.61. The fourth-order valence-corrected chi connectivity index (χ4v) is 2.96. The van der Waals surface area contributed by atoms with Gasteiger partial charge in [-0.1, -0.05) is 25.7 Å². The first kappa shape index (κ1) is 15.9. The number of nitrogens with zero attached hydrogens (tertiary/aromatic N) is 3. The summed E-state index contributed by atoms with van der Waals surface area (Å²) >= 11 is 0. The van der Waals surface area contributed by atoms with Gasteiger partial charge in [-0.05, 0) is 25.7 Å². The summed E-state index contributed by atoms with van der Waals surface area (Å²) in [6.07, 6.45) is 12.2. The Hall–Kier alpha value is -1.52. The SMILES string of the molecule is CCNC(=NCc1cnn(C)c1)NCCCC1CCCC1. The molecule has 1 aliphatic carbocycles. The number of hydrogen-bond donors (Lipinski definition) is 2. The molecule has 1 heterocycles. The molecule has 2 N–H and O–H groups in total. The van der Waals surface area contributed by atoms with Gasteiger partial charge >= 0.3 is 0 Å². The van der Waals surface area contributed by atoms with Gasteiger partial charge in [-0.3, -0.25) is 4.68 Å². The van der Waals surface area contributed by atoms with Crippen LogP contribution >= 0.6 is 0 Å². The van der Waals surface area contributed by atoms with E-state index in [4.69, 9.17) is 0 Å². The molecule has 1 fully saturated rings. The van der Waals surface area contributed by atoms with Crippen LogP contribution in [0.15, 0.2) is 17.4 Å². The maximum atomic E-state index is 4.61. The minimum atomic E-state index is 0.672. The number of guanidine groups is 1. The zero-order valence-electron chi connectivity index (χ0n) is 13.4. The van der Waals surface area contributed by atoms with Gasteiger partial charge in [-0.25, -0.2) is 4.99 Å². The van der Waals surface area contributed by atoms with E-state index in [1.54, 1.807) is 0 Å². The maximum absolute atomic E-state index is 4.61. The van der Waals surface area contributed by atoms with E-state index >= 15 is 0 Å². The predicted molar refractivity (Wildman–Crippen MR) is 87.2 cm³/mol. The second-order valence-corrected chi connectivity index (χ2v) is 5.94. The molecule has 118 valence electrons. The standard InChI is InChI=1S/C16H29N5/c1-3-17-16(19-11-15-12-20-21(2)13-15)18-10-6-9-14-7-4-5-8-14/h12-14H,3-11H2,1-2H3,(H2,17,18,19). The van der Waals surface area contributed by atoms with E-state index in [0.29, 0.717) is 6.54 Å². The van der Waals surface area contributed by atoms with E-state index in [1.165, 1.54) is 38.5 Å². The molecule has 1 aliphatic rings.